The number of carbonyl (C=O) groups excluding carboxylic acids is 1. The van der Waals surface area contributed by atoms with Crippen LogP contribution in [0.2, 0.25) is 0 Å². The summed E-state index contributed by atoms with van der Waals surface area (Å²) in [6, 6.07) is 20.5. The molecule has 4 rings (SSSR count). The van der Waals surface area contributed by atoms with E-state index in [0.29, 0.717) is 11.8 Å². The van der Waals surface area contributed by atoms with Crippen molar-refractivity contribution in [2.75, 3.05) is 0 Å². The fraction of sp³-hybridized carbons (Fsp3) is 0.458. The molecule has 2 bridgehead atoms. The van der Waals surface area contributed by atoms with Crippen molar-refractivity contribution in [3.05, 3.63) is 71.8 Å². The van der Waals surface area contributed by atoms with Crippen LogP contribution in [0.4, 0.5) is 0 Å². The van der Waals surface area contributed by atoms with E-state index >= 15 is 0 Å². The third-order valence-corrected chi connectivity index (χ3v) is 6.91. The zero-order chi connectivity index (χ0) is 19.1. The normalized spacial score (nSPS) is 31.9. The molecule has 1 heterocycles. The Morgan fingerprint density at radius 1 is 1.00 bits per heavy atom. The van der Waals surface area contributed by atoms with Crippen molar-refractivity contribution in [1.82, 2.24) is 10.6 Å². The Morgan fingerprint density at radius 3 is 2.30 bits per heavy atom. The van der Waals surface area contributed by atoms with Crippen LogP contribution in [0.25, 0.3) is 0 Å². The first kappa shape index (κ1) is 18.2. The molecule has 0 aromatic heterocycles. The van der Waals surface area contributed by atoms with Gasteiger partial charge in [0.1, 0.15) is 0 Å². The molecule has 2 aromatic rings. The van der Waals surface area contributed by atoms with Gasteiger partial charge in [-0.1, -0.05) is 48.5 Å². The topological polar surface area (TPSA) is 41.1 Å². The van der Waals surface area contributed by atoms with E-state index in [2.05, 4.69) is 61.7 Å². The number of benzene rings is 2. The second-order valence-corrected chi connectivity index (χ2v) is 9.07. The van der Waals surface area contributed by atoms with Crippen molar-refractivity contribution in [1.29, 1.82) is 0 Å². The number of amides is 1. The Balaban J connectivity index is 1.65. The van der Waals surface area contributed by atoms with Gasteiger partial charge in [-0.05, 0) is 63.6 Å². The number of piperidine rings is 1. The highest BCUT2D eigenvalue weighted by Crippen LogP contribution is 2.51. The predicted octanol–water partition coefficient (Wildman–Crippen LogP) is 4.71. The zero-order valence-electron chi connectivity index (χ0n) is 16.5. The highest BCUT2D eigenvalue weighted by molar-refractivity contribution is 5.94. The van der Waals surface area contributed by atoms with Gasteiger partial charge in [0.25, 0.3) is 5.91 Å². The summed E-state index contributed by atoms with van der Waals surface area (Å²) < 4.78 is 0. The van der Waals surface area contributed by atoms with Gasteiger partial charge in [0, 0.05) is 28.6 Å². The Labute approximate surface area is 162 Å². The minimum atomic E-state index is -0.215. The molecule has 1 saturated carbocycles. The fourth-order valence-electron chi connectivity index (χ4n) is 5.17. The van der Waals surface area contributed by atoms with Crippen LogP contribution >= 0.6 is 0 Å². The molecular weight excluding hydrogens is 332 g/mol. The van der Waals surface area contributed by atoms with Gasteiger partial charge in [-0.25, -0.2) is 0 Å². The molecule has 2 aromatic carbocycles. The van der Waals surface area contributed by atoms with Crippen LogP contribution in [0.3, 0.4) is 0 Å². The summed E-state index contributed by atoms with van der Waals surface area (Å²) in [4.78, 5) is 12.9. The zero-order valence-corrected chi connectivity index (χ0v) is 16.5. The Kier molecular flexibility index (Phi) is 4.59. The van der Waals surface area contributed by atoms with Gasteiger partial charge in [0.15, 0.2) is 0 Å². The molecule has 0 unspecified atom stereocenters. The van der Waals surface area contributed by atoms with Crippen molar-refractivity contribution in [2.45, 2.75) is 57.2 Å². The maximum atomic E-state index is 12.9. The van der Waals surface area contributed by atoms with Crippen LogP contribution in [-0.4, -0.2) is 17.0 Å². The summed E-state index contributed by atoms with van der Waals surface area (Å²) in [5.41, 5.74) is 1.95. The molecule has 2 fully saturated rings. The van der Waals surface area contributed by atoms with Gasteiger partial charge in [-0.15, -0.1) is 0 Å². The van der Waals surface area contributed by atoms with Gasteiger partial charge >= 0.3 is 0 Å². The predicted molar refractivity (Wildman–Crippen MR) is 110 cm³/mol. The van der Waals surface area contributed by atoms with E-state index in [4.69, 9.17) is 0 Å². The van der Waals surface area contributed by atoms with E-state index in [1.165, 1.54) is 5.56 Å². The molecular formula is C24H30N2O. The molecule has 27 heavy (non-hydrogen) atoms. The molecule has 2 N–H and O–H groups in total. The summed E-state index contributed by atoms with van der Waals surface area (Å²) in [7, 11) is 0. The summed E-state index contributed by atoms with van der Waals surface area (Å²) in [5, 5.41) is 7.34. The highest BCUT2D eigenvalue weighted by atomic mass is 16.1. The maximum absolute atomic E-state index is 12.9. The maximum Gasteiger partial charge on any atom is 0.251 e. The monoisotopic (exact) mass is 362 g/mol. The van der Waals surface area contributed by atoms with Crippen LogP contribution in [0.1, 0.15) is 62.0 Å². The lowest BCUT2D eigenvalue weighted by molar-refractivity contribution is -0.00277. The Bertz CT molecular complexity index is 802. The number of carbonyl (C=O) groups is 1. The van der Waals surface area contributed by atoms with E-state index in [1.807, 2.05) is 30.3 Å². The summed E-state index contributed by atoms with van der Waals surface area (Å²) in [6.07, 6.45) is 3.31. The van der Waals surface area contributed by atoms with Crippen LogP contribution in [0.15, 0.2) is 60.7 Å². The van der Waals surface area contributed by atoms with Gasteiger partial charge in [0.05, 0.1) is 0 Å². The summed E-state index contributed by atoms with van der Waals surface area (Å²) >= 11 is 0. The third-order valence-electron chi connectivity index (χ3n) is 6.91. The molecule has 2 aliphatic rings. The number of hydrogen-bond acceptors (Lipinski definition) is 2. The number of hydrogen-bond donors (Lipinski definition) is 2. The van der Waals surface area contributed by atoms with Gasteiger partial charge in [-0.3, -0.25) is 4.79 Å². The summed E-state index contributed by atoms with van der Waals surface area (Å²) in [5.74, 6) is 1.05. The van der Waals surface area contributed by atoms with Crippen molar-refractivity contribution >= 4 is 5.91 Å². The molecule has 3 heteroatoms. The van der Waals surface area contributed by atoms with Crippen molar-refractivity contribution in [3.63, 3.8) is 0 Å². The summed E-state index contributed by atoms with van der Waals surface area (Å²) in [6.45, 7) is 6.90. The van der Waals surface area contributed by atoms with Gasteiger partial charge in [0.2, 0.25) is 0 Å². The lowest BCUT2D eigenvalue weighted by atomic mass is 9.58. The fourth-order valence-corrected chi connectivity index (χ4v) is 5.17. The van der Waals surface area contributed by atoms with Gasteiger partial charge < -0.3 is 10.6 Å². The van der Waals surface area contributed by atoms with Gasteiger partial charge in [-0.2, -0.15) is 0 Å². The van der Waals surface area contributed by atoms with E-state index in [-0.39, 0.29) is 23.0 Å². The molecule has 0 spiro atoms. The Hall–Kier alpha value is -2.13. The van der Waals surface area contributed by atoms with Crippen LogP contribution < -0.4 is 10.6 Å². The average Bonchev–Trinajstić information content (AvgIpc) is 2.67. The van der Waals surface area contributed by atoms with Crippen molar-refractivity contribution in [2.24, 2.45) is 11.8 Å². The standard InChI is InChI=1S/C24H30N2O/c1-23(2)19-14-15-24(3,26-22(27)18-12-8-5-9-13-18)20(16-19)21(25-23)17-10-6-4-7-11-17/h4-13,19-21,25H,14-16H2,1-3H3,(H,26,27)/t19-,20+,21+,24-/m0/s1. The first-order valence-corrected chi connectivity index (χ1v) is 10.1. The van der Waals surface area contributed by atoms with Crippen molar-refractivity contribution in [3.8, 4) is 0 Å². The molecule has 0 radical (unpaired) electrons. The molecule has 1 amide bonds. The smallest absolute Gasteiger partial charge is 0.251 e. The Morgan fingerprint density at radius 2 is 1.63 bits per heavy atom. The molecule has 1 aliphatic heterocycles. The lowest BCUT2D eigenvalue weighted by Crippen LogP contribution is -2.65. The molecule has 1 aliphatic carbocycles. The first-order chi connectivity index (χ1) is 12.9. The van der Waals surface area contributed by atoms with E-state index in [1.54, 1.807) is 0 Å². The number of fused-ring (bicyclic) bond motifs is 2. The second-order valence-electron chi connectivity index (χ2n) is 9.07. The van der Waals surface area contributed by atoms with E-state index < -0.39 is 0 Å². The van der Waals surface area contributed by atoms with Crippen molar-refractivity contribution < 1.29 is 4.79 Å². The largest absolute Gasteiger partial charge is 0.347 e. The highest BCUT2D eigenvalue weighted by Gasteiger charge is 2.52. The van der Waals surface area contributed by atoms with Crippen LogP contribution in [0.5, 0.6) is 0 Å². The SMILES string of the molecule is CC1(C)N[C@H](c2ccccc2)[C@H]2C[C@@H]1CC[C@]2(C)NC(=O)c1ccccc1. The van der Waals surface area contributed by atoms with E-state index in [9.17, 15) is 4.79 Å². The quantitative estimate of drug-likeness (QED) is 0.830. The molecule has 3 nitrogen and oxygen atoms in total. The van der Waals surface area contributed by atoms with Crippen LogP contribution in [0, 0.1) is 11.8 Å². The lowest BCUT2D eigenvalue weighted by Gasteiger charge is -2.57. The average molecular weight is 363 g/mol. The second kappa shape index (κ2) is 6.79. The minimum absolute atomic E-state index is 0.0354. The number of nitrogens with one attached hydrogen (secondary N) is 2. The molecule has 1 saturated heterocycles. The molecule has 4 atom stereocenters. The first-order valence-electron chi connectivity index (χ1n) is 10.1. The third kappa shape index (κ3) is 3.41. The molecule has 142 valence electrons. The van der Waals surface area contributed by atoms with E-state index in [0.717, 1.165) is 24.8 Å². The van der Waals surface area contributed by atoms with Crippen LogP contribution in [-0.2, 0) is 0 Å². The minimum Gasteiger partial charge on any atom is -0.347 e. The number of rotatable bonds is 3.